The van der Waals surface area contributed by atoms with E-state index in [0.717, 1.165) is 17.2 Å². The number of hydrogen-bond donors (Lipinski definition) is 4. The van der Waals surface area contributed by atoms with Gasteiger partial charge in [0.15, 0.2) is 0 Å². The van der Waals surface area contributed by atoms with Crippen molar-refractivity contribution in [3.05, 3.63) is 107 Å². The van der Waals surface area contributed by atoms with Gasteiger partial charge in [0.05, 0.1) is 11.3 Å². The number of rotatable bonds is 6. The van der Waals surface area contributed by atoms with Crippen molar-refractivity contribution in [3.8, 4) is 22.3 Å². The van der Waals surface area contributed by atoms with Gasteiger partial charge in [-0.15, -0.1) is 0 Å². The van der Waals surface area contributed by atoms with Crippen molar-refractivity contribution < 1.29 is 26.5 Å². The summed E-state index contributed by atoms with van der Waals surface area (Å²) in [5.41, 5.74) is 8.71. The minimum Gasteiger partial charge on any atom is -0.385 e. The molecule has 12 heteroatoms. The second-order valence-corrected chi connectivity index (χ2v) is 11.7. The van der Waals surface area contributed by atoms with E-state index in [9.17, 15) is 17.6 Å². The monoisotopic (exact) mass is 622 g/mol. The van der Waals surface area contributed by atoms with Gasteiger partial charge in [0.2, 0.25) is 5.78 Å². The Morgan fingerprint density at radius 3 is 2.42 bits per heavy atom. The molecule has 3 aromatic heterocycles. The molecule has 5 N–H and O–H groups in total. The number of nitrogens with zero attached hydrogens (tertiary/aromatic N) is 1. The highest BCUT2D eigenvalue weighted by Crippen LogP contribution is 2.38. The third-order valence-electron chi connectivity index (χ3n) is 6.74. The fraction of sp³-hybridized carbons (Fsp3) is 0.0968. The molecule has 0 spiro atoms. The van der Waals surface area contributed by atoms with Crippen LogP contribution in [0.1, 0.15) is 29.3 Å². The van der Waals surface area contributed by atoms with Gasteiger partial charge in [-0.1, -0.05) is 48.9 Å². The van der Waals surface area contributed by atoms with E-state index >= 15 is 4.39 Å². The number of carbonyl (C=O) groups excluding carboxylic acids is 1. The Morgan fingerprint density at radius 1 is 1.02 bits per heavy atom. The van der Waals surface area contributed by atoms with Crippen molar-refractivity contribution >= 4 is 55.3 Å². The van der Waals surface area contributed by atoms with Gasteiger partial charge in [-0.2, -0.15) is 8.42 Å². The van der Waals surface area contributed by atoms with Crippen LogP contribution in [0.4, 0.5) is 14.6 Å². The standard InChI is InChI=1S/C28H17ClF2N4O.C3H8O3S/c29-16-7-5-14(6-8-16)15-11-19-20(13-34-28(19)33-12-15)26(36)24-21(30)10-9-18(25(24)31)23-17-3-1-2-4-22(17)35-27(23)32;1-2-3-7(4,5)6/h1-13,35H,32H2,(H,33,34);2-3H2,1H3,(H,4,5,6). The number of fused-ring (bicyclic) bond motifs is 2. The SMILES string of the molecule is CCCS(=O)(=O)O.Nc1[nH]c2ccccc2c1-c1ccc(F)c(C(=O)c2c[nH]c3ncc(-c4ccc(Cl)cc4)cc23)c1F. The van der Waals surface area contributed by atoms with Gasteiger partial charge in [0.25, 0.3) is 10.1 Å². The zero-order valence-corrected chi connectivity index (χ0v) is 24.2. The first-order chi connectivity index (χ1) is 20.5. The number of aromatic amines is 2. The quantitative estimate of drug-likeness (QED) is 0.113. The molecule has 3 heterocycles. The Balaban J connectivity index is 0.000000472. The number of nitrogen functional groups attached to an aromatic ring is 1. The molecule has 0 aliphatic rings. The molecule has 0 aliphatic heterocycles. The molecule has 6 aromatic rings. The molecule has 6 rings (SSSR count). The molecule has 220 valence electrons. The number of pyridine rings is 1. The number of nitrogens with one attached hydrogen (secondary N) is 2. The van der Waals surface area contributed by atoms with Gasteiger partial charge < -0.3 is 15.7 Å². The highest BCUT2D eigenvalue weighted by Gasteiger charge is 2.26. The van der Waals surface area contributed by atoms with Crippen molar-refractivity contribution in [1.29, 1.82) is 0 Å². The van der Waals surface area contributed by atoms with Crippen molar-refractivity contribution in [3.63, 3.8) is 0 Å². The van der Waals surface area contributed by atoms with Crippen LogP contribution in [0.5, 0.6) is 0 Å². The number of halogens is 3. The lowest BCUT2D eigenvalue weighted by atomic mass is 9.95. The van der Waals surface area contributed by atoms with E-state index in [1.807, 2.05) is 18.2 Å². The van der Waals surface area contributed by atoms with E-state index in [0.29, 0.717) is 38.9 Å². The Bertz CT molecular complexity index is 2090. The Morgan fingerprint density at radius 2 is 1.74 bits per heavy atom. The van der Waals surface area contributed by atoms with Crippen molar-refractivity contribution in [2.45, 2.75) is 13.3 Å². The number of H-pyrrole nitrogens is 2. The highest BCUT2D eigenvalue weighted by molar-refractivity contribution is 7.85. The average molecular weight is 623 g/mol. The van der Waals surface area contributed by atoms with Crippen molar-refractivity contribution in [1.82, 2.24) is 15.0 Å². The van der Waals surface area contributed by atoms with E-state index in [1.165, 1.54) is 12.3 Å². The number of carbonyl (C=O) groups is 1. The highest BCUT2D eigenvalue weighted by atomic mass is 35.5. The van der Waals surface area contributed by atoms with Gasteiger partial charge in [-0.05, 0) is 48.4 Å². The Labute approximate surface area is 250 Å². The van der Waals surface area contributed by atoms with Crippen LogP contribution in [-0.2, 0) is 10.1 Å². The maximum absolute atomic E-state index is 15.9. The van der Waals surface area contributed by atoms with Gasteiger partial charge in [0.1, 0.15) is 23.1 Å². The second-order valence-electron chi connectivity index (χ2n) is 9.69. The van der Waals surface area contributed by atoms with E-state index in [-0.39, 0.29) is 22.7 Å². The minimum absolute atomic E-state index is 0.0366. The van der Waals surface area contributed by atoms with Crippen molar-refractivity contribution in [2.75, 3.05) is 11.5 Å². The van der Waals surface area contributed by atoms with Crippen LogP contribution < -0.4 is 5.73 Å². The molecule has 8 nitrogen and oxygen atoms in total. The lowest BCUT2D eigenvalue weighted by Crippen LogP contribution is -2.08. The summed E-state index contributed by atoms with van der Waals surface area (Å²) < 4.78 is 58.4. The van der Waals surface area contributed by atoms with Crippen LogP contribution >= 0.6 is 11.6 Å². The molecule has 0 saturated heterocycles. The van der Waals surface area contributed by atoms with Crippen molar-refractivity contribution in [2.24, 2.45) is 0 Å². The topological polar surface area (TPSA) is 142 Å². The molecule has 0 bridgehead atoms. The summed E-state index contributed by atoms with van der Waals surface area (Å²) in [5.74, 6) is -2.65. The summed E-state index contributed by atoms with van der Waals surface area (Å²) in [5, 5.41) is 1.71. The molecule has 0 amide bonds. The molecule has 0 radical (unpaired) electrons. The smallest absolute Gasteiger partial charge is 0.264 e. The molecule has 0 atom stereocenters. The number of ketones is 1. The first-order valence-electron chi connectivity index (χ1n) is 13.1. The zero-order chi connectivity index (χ0) is 30.9. The largest absolute Gasteiger partial charge is 0.385 e. The number of benzene rings is 3. The van der Waals surface area contributed by atoms with Crippen LogP contribution in [0.3, 0.4) is 0 Å². The fourth-order valence-electron chi connectivity index (χ4n) is 4.79. The lowest BCUT2D eigenvalue weighted by Gasteiger charge is -2.10. The van der Waals surface area contributed by atoms with Crippen LogP contribution in [0.25, 0.3) is 44.2 Å². The third kappa shape index (κ3) is 6.14. The number of anilines is 1. The fourth-order valence-corrected chi connectivity index (χ4v) is 5.43. The molecule has 0 aliphatic carbocycles. The van der Waals surface area contributed by atoms with Crippen LogP contribution in [0, 0.1) is 11.6 Å². The number of para-hydroxylation sites is 1. The molecule has 3 aromatic carbocycles. The summed E-state index contributed by atoms with van der Waals surface area (Å²) in [6.07, 6.45) is 3.54. The second kappa shape index (κ2) is 12.0. The summed E-state index contributed by atoms with van der Waals surface area (Å²) >= 11 is 5.99. The lowest BCUT2D eigenvalue weighted by molar-refractivity contribution is 0.103. The summed E-state index contributed by atoms with van der Waals surface area (Å²) in [4.78, 5) is 23.8. The van der Waals surface area contributed by atoms with Gasteiger partial charge in [-0.25, -0.2) is 13.8 Å². The number of hydrogen-bond acceptors (Lipinski definition) is 5. The maximum Gasteiger partial charge on any atom is 0.264 e. The van der Waals surface area contributed by atoms with Gasteiger partial charge >= 0.3 is 0 Å². The number of aromatic nitrogens is 3. The molecule has 0 saturated carbocycles. The maximum atomic E-state index is 15.9. The molecular formula is C31H25ClF2N4O4S. The Hall–Kier alpha value is -4.58. The van der Waals surface area contributed by atoms with E-state index in [1.54, 1.807) is 49.5 Å². The summed E-state index contributed by atoms with van der Waals surface area (Å²) in [6, 6.07) is 18.5. The van der Waals surface area contributed by atoms with Gasteiger partial charge in [0, 0.05) is 56.0 Å². The predicted octanol–water partition coefficient (Wildman–Crippen LogP) is 7.41. The third-order valence-corrected chi connectivity index (χ3v) is 7.91. The molecule has 43 heavy (non-hydrogen) atoms. The summed E-state index contributed by atoms with van der Waals surface area (Å²) in [6.45, 7) is 1.69. The normalized spacial score (nSPS) is 11.5. The average Bonchev–Trinajstić information content (AvgIpc) is 3.53. The van der Waals surface area contributed by atoms with Gasteiger partial charge in [-0.3, -0.25) is 9.35 Å². The molecule has 0 fully saturated rings. The summed E-state index contributed by atoms with van der Waals surface area (Å²) in [7, 11) is -3.67. The molecule has 0 unspecified atom stereocenters. The predicted molar refractivity (Wildman–Crippen MR) is 165 cm³/mol. The van der Waals surface area contributed by atoms with E-state index in [2.05, 4.69) is 15.0 Å². The zero-order valence-electron chi connectivity index (χ0n) is 22.7. The minimum atomic E-state index is -3.67. The van der Waals surface area contributed by atoms with Crippen LogP contribution in [0.15, 0.2) is 79.1 Å². The molecular weight excluding hydrogens is 598 g/mol. The first kappa shape index (κ1) is 29.9. The van der Waals surface area contributed by atoms with Crippen LogP contribution in [-0.4, -0.2) is 39.5 Å². The van der Waals surface area contributed by atoms with E-state index < -0.39 is 33.1 Å². The van der Waals surface area contributed by atoms with Crippen LogP contribution in [0.2, 0.25) is 5.02 Å². The Kier molecular flexibility index (Phi) is 8.32. The first-order valence-corrected chi connectivity index (χ1v) is 15.0. The van der Waals surface area contributed by atoms with E-state index in [4.69, 9.17) is 21.9 Å². The number of nitrogens with two attached hydrogens (primary N) is 1.